The molecule has 0 radical (unpaired) electrons. The molecular formula is C22H21N3O5. The maximum atomic E-state index is 12.9. The highest BCUT2D eigenvalue weighted by atomic mass is 16.5. The first-order valence-electron chi connectivity index (χ1n) is 8.99. The van der Waals surface area contributed by atoms with Crippen molar-refractivity contribution in [1.29, 1.82) is 0 Å². The number of nitrogens with one attached hydrogen (secondary N) is 2. The van der Waals surface area contributed by atoms with Crippen LogP contribution in [0.4, 0.5) is 11.4 Å². The lowest BCUT2D eigenvalue weighted by Gasteiger charge is -2.15. The van der Waals surface area contributed by atoms with E-state index in [4.69, 9.17) is 14.2 Å². The minimum Gasteiger partial charge on any atom is -0.493 e. The van der Waals surface area contributed by atoms with Gasteiger partial charge in [0.25, 0.3) is 11.8 Å². The van der Waals surface area contributed by atoms with E-state index >= 15 is 0 Å². The van der Waals surface area contributed by atoms with Gasteiger partial charge < -0.3 is 24.8 Å². The number of hydrogen-bond donors (Lipinski definition) is 2. The van der Waals surface area contributed by atoms with Crippen LogP contribution < -0.4 is 24.8 Å². The zero-order chi connectivity index (χ0) is 21.5. The average Bonchev–Trinajstić information content (AvgIpc) is 2.79. The molecule has 2 amide bonds. The molecule has 0 atom stereocenters. The van der Waals surface area contributed by atoms with Crippen LogP contribution >= 0.6 is 0 Å². The first-order chi connectivity index (χ1) is 14.6. The van der Waals surface area contributed by atoms with E-state index in [1.165, 1.54) is 27.5 Å². The summed E-state index contributed by atoms with van der Waals surface area (Å²) in [5.74, 6) is 0.371. The Kier molecular flexibility index (Phi) is 6.49. The predicted molar refractivity (Wildman–Crippen MR) is 113 cm³/mol. The summed E-state index contributed by atoms with van der Waals surface area (Å²) in [5, 5.41) is 5.59. The van der Waals surface area contributed by atoms with Crippen molar-refractivity contribution in [2.75, 3.05) is 32.0 Å². The fourth-order valence-electron chi connectivity index (χ4n) is 2.80. The highest BCUT2D eigenvalue weighted by molar-refractivity contribution is 6.10. The molecule has 0 aliphatic carbocycles. The second kappa shape index (κ2) is 9.42. The highest BCUT2D eigenvalue weighted by Gasteiger charge is 2.18. The van der Waals surface area contributed by atoms with E-state index in [1.807, 2.05) is 0 Å². The van der Waals surface area contributed by atoms with Crippen LogP contribution in [0.5, 0.6) is 17.2 Å². The SMILES string of the molecule is COc1cc(C(=O)Nc2ccccc2NC(=O)c2cccnc2)cc(OC)c1OC. The van der Waals surface area contributed by atoms with Crippen LogP contribution in [0.2, 0.25) is 0 Å². The number of benzene rings is 2. The van der Waals surface area contributed by atoms with Crippen molar-refractivity contribution < 1.29 is 23.8 Å². The van der Waals surface area contributed by atoms with E-state index in [0.717, 1.165) is 0 Å². The summed E-state index contributed by atoms with van der Waals surface area (Å²) in [7, 11) is 4.44. The largest absolute Gasteiger partial charge is 0.493 e. The molecule has 0 unspecified atom stereocenters. The van der Waals surface area contributed by atoms with Gasteiger partial charge in [0.05, 0.1) is 38.3 Å². The Balaban J connectivity index is 1.85. The van der Waals surface area contributed by atoms with Gasteiger partial charge in [-0.05, 0) is 36.4 Å². The number of carbonyl (C=O) groups is 2. The third kappa shape index (κ3) is 4.49. The van der Waals surface area contributed by atoms with Gasteiger partial charge in [-0.1, -0.05) is 12.1 Å². The highest BCUT2D eigenvalue weighted by Crippen LogP contribution is 2.38. The second-order valence-corrected chi connectivity index (χ2v) is 6.11. The number of aromatic nitrogens is 1. The fraction of sp³-hybridized carbons (Fsp3) is 0.136. The minimum atomic E-state index is -0.405. The number of hydrogen-bond acceptors (Lipinski definition) is 6. The van der Waals surface area contributed by atoms with E-state index in [9.17, 15) is 9.59 Å². The number of anilines is 2. The predicted octanol–water partition coefficient (Wildman–Crippen LogP) is 3.61. The summed E-state index contributed by atoms with van der Waals surface area (Å²) in [6.45, 7) is 0. The van der Waals surface area contributed by atoms with Crippen LogP contribution in [0.1, 0.15) is 20.7 Å². The third-order valence-corrected chi connectivity index (χ3v) is 4.27. The number of pyridine rings is 1. The van der Waals surface area contributed by atoms with Crippen LogP contribution in [0.25, 0.3) is 0 Å². The summed E-state index contributed by atoms with van der Waals surface area (Å²) >= 11 is 0. The molecule has 2 aromatic carbocycles. The summed E-state index contributed by atoms with van der Waals surface area (Å²) < 4.78 is 15.9. The molecule has 0 saturated carbocycles. The number of carbonyl (C=O) groups excluding carboxylic acids is 2. The Morgan fingerprint density at radius 3 is 1.80 bits per heavy atom. The standard InChI is InChI=1S/C22H21N3O5/c1-28-18-11-15(12-19(29-2)20(18)30-3)22(27)25-17-9-5-4-8-16(17)24-21(26)14-7-6-10-23-13-14/h4-13H,1-3H3,(H,24,26)(H,25,27). The smallest absolute Gasteiger partial charge is 0.257 e. The molecule has 1 heterocycles. The van der Waals surface area contributed by atoms with Crippen LogP contribution in [-0.4, -0.2) is 38.1 Å². The van der Waals surface area contributed by atoms with Crippen molar-refractivity contribution in [3.8, 4) is 17.2 Å². The van der Waals surface area contributed by atoms with Crippen LogP contribution in [0.3, 0.4) is 0 Å². The van der Waals surface area contributed by atoms with E-state index in [0.29, 0.717) is 39.8 Å². The Bertz CT molecular complexity index is 1030. The van der Waals surface area contributed by atoms with Gasteiger partial charge in [-0.15, -0.1) is 0 Å². The lowest BCUT2D eigenvalue weighted by molar-refractivity contribution is 0.101. The lowest BCUT2D eigenvalue weighted by Crippen LogP contribution is -2.17. The number of rotatable bonds is 7. The van der Waals surface area contributed by atoms with Crippen molar-refractivity contribution in [3.63, 3.8) is 0 Å². The molecule has 154 valence electrons. The maximum Gasteiger partial charge on any atom is 0.257 e. The molecule has 0 aliphatic rings. The first kappa shape index (κ1) is 20.7. The lowest BCUT2D eigenvalue weighted by atomic mass is 10.1. The van der Waals surface area contributed by atoms with Gasteiger partial charge >= 0.3 is 0 Å². The zero-order valence-corrected chi connectivity index (χ0v) is 16.8. The molecule has 0 aliphatic heterocycles. The Labute approximate surface area is 173 Å². The molecule has 0 spiro atoms. The van der Waals surface area contributed by atoms with Crippen LogP contribution in [0, 0.1) is 0 Å². The van der Waals surface area contributed by atoms with Gasteiger partial charge in [0.15, 0.2) is 11.5 Å². The number of methoxy groups -OCH3 is 3. The van der Waals surface area contributed by atoms with Crippen molar-refractivity contribution >= 4 is 23.2 Å². The quantitative estimate of drug-likeness (QED) is 0.621. The average molecular weight is 407 g/mol. The number of ether oxygens (including phenoxy) is 3. The van der Waals surface area contributed by atoms with Crippen molar-refractivity contribution in [1.82, 2.24) is 4.98 Å². The van der Waals surface area contributed by atoms with E-state index in [2.05, 4.69) is 15.6 Å². The molecule has 8 heteroatoms. The molecule has 30 heavy (non-hydrogen) atoms. The maximum absolute atomic E-state index is 12.9. The number of amides is 2. The van der Waals surface area contributed by atoms with Gasteiger partial charge in [-0.25, -0.2) is 0 Å². The fourth-order valence-corrected chi connectivity index (χ4v) is 2.80. The van der Waals surface area contributed by atoms with Gasteiger partial charge in [0.2, 0.25) is 5.75 Å². The Morgan fingerprint density at radius 2 is 1.33 bits per heavy atom. The first-order valence-corrected chi connectivity index (χ1v) is 8.99. The van der Waals surface area contributed by atoms with Crippen molar-refractivity contribution in [2.45, 2.75) is 0 Å². The van der Waals surface area contributed by atoms with Gasteiger partial charge in [0, 0.05) is 18.0 Å². The molecule has 0 fully saturated rings. The molecule has 0 saturated heterocycles. The van der Waals surface area contributed by atoms with E-state index in [1.54, 1.807) is 54.7 Å². The summed E-state index contributed by atoms with van der Waals surface area (Å²) in [6.07, 6.45) is 3.05. The molecule has 1 aromatic heterocycles. The monoisotopic (exact) mass is 407 g/mol. The Morgan fingerprint density at radius 1 is 0.767 bits per heavy atom. The Hall–Kier alpha value is -4.07. The van der Waals surface area contributed by atoms with E-state index in [-0.39, 0.29) is 5.91 Å². The number of para-hydroxylation sites is 2. The number of nitrogens with zero attached hydrogens (tertiary/aromatic N) is 1. The van der Waals surface area contributed by atoms with Crippen LogP contribution in [0.15, 0.2) is 60.9 Å². The second-order valence-electron chi connectivity index (χ2n) is 6.11. The molecule has 3 rings (SSSR count). The third-order valence-electron chi connectivity index (χ3n) is 4.27. The molecule has 2 N–H and O–H groups in total. The molecule has 0 bridgehead atoms. The minimum absolute atomic E-state index is 0.304. The van der Waals surface area contributed by atoms with Crippen molar-refractivity contribution in [3.05, 3.63) is 72.1 Å². The van der Waals surface area contributed by atoms with Crippen LogP contribution in [-0.2, 0) is 0 Å². The zero-order valence-electron chi connectivity index (χ0n) is 16.8. The summed E-state index contributed by atoms with van der Waals surface area (Å²) in [6, 6.07) is 13.3. The topological polar surface area (TPSA) is 98.8 Å². The van der Waals surface area contributed by atoms with Gasteiger partial charge in [0.1, 0.15) is 0 Å². The molecule has 3 aromatic rings. The normalized spacial score (nSPS) is 10.1. The van der Waals surface area contributed by atoms with Gasteiger partial charge in [-0.2, -0.15) is 0 Å². The summed E-state index contributed by atoms with van der Waals surface area (Å²) in [5.41, 5.74) is 1.60. The molecule has 8 nitrogen and oxygen atoms in total. The van der Waals surface area contributed by atoms with Gasteiger partial charge in [-0.3, -0.25) is 14.6 Å². The summed E-state index contributed by atoms with van der Waals surface area (Å²) in [4.78, 5) is 29.3. The van der Waals surface area contributed by atoms with Crippen molar-refractivity contribution in [2.24, 2.45) is 0 Å². The van der Waals surface area contributed by atoms with E-state index < -0.39 is 5.91 Å². The molecular weight excluding hydrogens is 386 g/mol.